The third kappa shape index (κ3) is 6.01. The van der Waals surface area contributed by atoms with Crippen LogP contribution in [0.4, 0.5) is 11.4 Å². The van der Waals surface area contributed by atoms with Crippen molar-refractivity contribution in [2.45, 2.75) is 21.3 Å². The molecular weight excluding hydrogens is 508 g/mol. The maximum atomic E-state index is 13.2. The fourth-order valence-corrected chi connectivity index (χ4v) is 6.40. The Morgan fingerprint density at radius 1 is 0.941 bits per heavy atom. The number of sulfonamides is 1. The molecule has 0 saturated carbocycles. The van der Waals surface area contributed by atoms with E-state index in [4.69, 9.17) is 11.6 Å². The Kier molecular flexibility index (Phi) is 7.63. The number of nitrogens with one attached hydrogen (secondary N) is 2. The smallest absolute Gasteiger partial charge is 0.271 e. The molecule has 0 fully saturated rings. The van der Waals surface area contributed by atoms with Crippen molar-refractivity contribution in [1.29, 1.82) is 0 Å². The number of carbonyl (C=O) groups is 1. The predicted octanol–water partition coefficient (Wildman–Crippen LogP) is 6.98. The van der Waals surface area contributed by atoms with Gasteiger partial charge in [-0.15, -0.1) is 23.1 Å². The van der Waals surface area contributed by atoms with Crippen LogP contribution in [-0.4, -0.2) is 14.3 Å². The standard InChI is InChI=1S/C25H21ClN2O3S3/c1-17-9-10-20(16-22(17)26)27-25(29)24(18-6-3-2-4-7-18)33-21-13-11-19(12-14-21)28-34(30,31)23-8-5-15-32-23/h2-16,24,28H,1H3,(H,27,29). The summed E-state index contributed by atoms with van der Waals surface area (Å²) in [4.78, 5) is 14.1. The molecular formula is C25H21ClN2O3S3. The van der Waals surface area contributed by atoms with Crippen LogP contribution in [0.5, 0.6) is 0 Å². The number of hydrogen-bond donors (Lipinski definition) is 2. The molecule has 0 spiro atoms. The molecule has 34 heavy (non-hydrogen) atoms. The molecule has 1 heterocycles. The highest BCUT2D eigenvalue weighted by Crippen LogP contribution is 2.37. The minimum absolute atomic E-state index is 0.182. The lowest BCUT2D eigenvalue weighted by molar-refractivity contribution is -0.115. The van der Waals surface area contributed by atoms with Crippen LogP contribution >= 0.6 is 34.7 Å². The Morgan fingerprint density at radius 2 is 1.65 bits per heavy atom. The number of halogens is 1. The van der Waals surface area contributed by atoms with Gasteiger partial charge in [0.25, 0.3) is 10.0 Å². The Labute approximate surface area is 212 Å². The summed E-state index contributed by atoms with van der Waals surface area (Å²) in [6.45, 7) is 1.90. The van der Waals surface area contributed by atoms with Crippen molar-refractivity contribution in [2.75, 3.05) is 10.0 Å². The lowest BCUT2D eigenvalue weighted by Crippen LogP contribution is -2.19. The minimum atomic E-state index is -3.62. The van der Waals surface area contributed by atoms with Crippen molar-refractivity contribution in [1.82, 2.24) is 0 Å². The van der Waals surface area contributed by atoms with Gasteiger partial charge >= 0.3 is 0 Å². The first-order valence-electron chi connectivity index (χ1n) is 10.3. The highest BCUT2D eigenvalue weighted by molar-refractivity contribution is 8.00. The number of anilines is 2. The second-order valence-corrected chi connectivity index (χ2v) is 11.9. The number of hydrogen-bond acceptors (Lipinski definition) is 5. The summed E-state index contributed by atoms with van der Waals surface area (Å²) in [5, 5.41) is 4.73. The van der Waals surface area contributed by atoms with Gasteiger partial charge in [-0.05, 0) is 65.9 Å². The van der Waals surface area contributed by atoms with Crippen LogP contribution in [0.1, 0.15) is 16.4 Å². The summed E-state index contributed by atoms with van der Waals surface area (Å²) in [5.74, 6) is -0.182. The molecule has 5 nitrogen and oxygen atoms in total. The zero-order valence-electron chi connectivity index (χ0n) is 18.1. The van der Waals surface area contributed by atoms with Gasteiger partial charge in [-0.1, -0.05) is 54.1 Å². The van der Waals surface area contributed by atoms with Crippen LogP contribution < -0.4 is 10.0 Å². The topological polar surface area (TPSA) is 75.3 Å². The highest BCUT2D eigenvalue weighted by atomic mass is 35.5. The van der Waals surface area contributed by atoms with Crippen molar-refractivity contribution in [2.24, 2.45) is 0 Å². The van der Waals surface area contributed by atoms with Gasteiger partial charge in [-0.2, -0.15) is 0 Å². The van der Waals surface area contributed by atoms with Crippen molar-refractivity contribution >= 4 is 62.0 Å². The van der Waals surface area contributed by atoms with Gasteiger partial charge in [-0.3, -0.25) is 9.52 Å². The van der Waals surface area contributed by atoms with Crippen LogP contribution in [0.3, 0.4) is 0 Å². The first kappa shape index (κ1) is 24.3. The Hall–Kier alpha value is -2.78. The van der Waals surface area contributed by atoms with Gasteiger partial charge in [-0.25, -0.2) is 8.42 Å². The molecule has 4 rings (SSSR count). The number of aryl methyl sites for hydroxylation is 1. The molecule has 0 aliphatic heterocycles. The van der Waals surface area contributed by atoms with Crippen molar-refractivity contribution < 1.29 is 13.2 Å². The lowest BCUT2D eigenvalue weighted by atomic mass is 10.1. The van der Waals surface area contributed by atoms with E-state index >= 15 is 0 Å². The molecule has 1 unspecified atom stereocenters. The second kappa shape index (κ2) is 10.7. The molecule has 0 bridgehead atoms. The molecule has 9 heteroatoms. The van der Waals surface area contributed by atoms with Crippen LogP contribution in [0.15, 0.2) is 99.4 Å². The highest BCUT2D eigenvalue weighted by Gasteiger charge is 2.23. The first-order chi connectivity index (χ1) is 16.3. The second-order valence-electron chi connectivity index (χ2n) is 7.42. The Morgan fingerprint density at radius 3 is 2.29 bits per heavy atom. The van der Waals surface area contributed by atoms with Gasteiger partial charge < -0.3 is 5.32 Å². The average Bonchev–Trinajstić information content (AvgIpc) is 3.37. The molecule has 0 radical (unpaired) electrons. The summed E-state index contributed by atoms with van der Waals surface area (Å²) >= 11 is 8.75. The van der Waals surface area contributed by atoms with Crippen LogP contribution in [0.25, 0.3) is 0 Å². The summed E-state index contributed by atoms with van der Waals surface area (Å²) in [7, 11) is -3.62. The van der Waals surface area contributed by atoms with E-state index in [1.807, 2.05) is 49.4 Å². The largest absolute Gasteiger partial charge is 0.325 e. The van der Waals surface area contributed by atoms with Crippen molar-refractivity contribution in [3.05, 3.63) is 106 Å². The zero-order valence-corrected chi connectivity index (χ0v) is 21.3. The minimum Gasteiger partial charge on any atom is -0.325 e. The average molecular weight is 529 g/mol. The molecule has 4 aromatic rings. The van der Waals surface area contributed by atoms with Crippen LogP contribution in [0.2, 0.25) is 5.02 Å². The molecule has 0 aliphatic rings. The molecule has 2 N–H and O–H groups in total. The summed E-state index contributed by atoms with van der Waals surface area (Å²) in [5.41, 5.74) is 2.86. The number of benzene rings is 3. The van der Waals surface area contributed by atoms with Gasteiger partial charge in [0.15, 0.2) is 0 Å². The maximum Gasteiger partial charge on any atom is 0.271 e. The van der Waals surface area contributed by atoms with Gasteiger partial charge in [0, 0.05) is 21.3 Å². The SMILES string of the molecule is Cc1ccc(NC(=O)C(Sc2ccc(NS(=O)(=O)c3cccs3)cc2)c2ccccc2)cc1Cl. The monoisotopic (exact) mass is 528 g/mol. The number of thiophene rings is 1. The normalized spacial score (nSPS) is 12.2. The van der Waals surface area contributed by atoms with E-state index < -0.39 is 15.3 Å². The third-order valence-corrected chi connectivity index (χ3v) is 9.35. The third-order valence-electron chi connectivity index (χ3n) is 4.90. The number of thioether (sulfide) groups is 1. The van der Waals surface area contributed by atoms with Crippen LogP contribution in [0, 0.1) is 6.92 Å². The molecule has 3 aromatic carbocycles. The number of carbonyl (C=O) groups excluding carboxylic acids is 1. The fourth-order valence-electron chi connectivity index (χ4n) is 3.14. The maximum absolute atomic E-state index is 13.2. The van der Waals surface area contributed by atoms with E-state index in [0.717, 1.165) is 27.4 Å². The van der Waals surface area contributed by atoms with E-state index in [2.05, 4.69) is 10.0 Å². The van der Waals surface area contributed by atoms with E-state index in [1.54, 1.807) is 47.8 Å². The first-order valence-corrected chi connectivity index (χ1v) is 13.9. The van der Waals surface area contributed by atoms with E-state index in [9.17, 15) is 13.2 Å². The molecule has 174 valence electrons. The number of rotatable bonds is 8. The predicted molar refractivity (Wildman–Crippen MR) is 141 cm³/mol. The molecule has 1 aromatic heterocycles. The summed E-state index contributed by atoms with van der Waals surface area (Å²) in [6, 6.07) is 25.1. The Balaban J connectivity index is 1.52. The quantitative estimate of drug-likeness (QED) is 0.242. The summed E-state index contributed by atoms with van der Waals surface area (Å²) < 4.78 is 27.7. The zero-order chi connectivity index (χ0) is 24.1. The van der Waals surface area contributed by atoms with Crippen LogP contribution in [-0.2, 0) is 14.8 Å². The number of amides is 1. The molecule has 1 amide bonds. The lowest BCUT2D eigenvalue weighted by Gasteiger charge is -2.18. The van der Waals surface area contributed by atoms with Crippen molar-refractivity contribution in [3.8, 4) is 0 Å². The Bertz CT molecular complexity index is 1370. The van der Waals surface area contributed by atoms with Crippen molar-refractivity contribution in [3.63, 3.8) is 0 Å². The molecule has 0 saturated heterocycles. The van der Waals surface area contributed by atoms with Gasteiger partial charge in [0.05, 0.1) is 0 Å². The van der Waals surface area contributed by atoms with E-state index in [-0.39, 0.29) is 10.1 Å². The fraction of sp³-hybridized carbons (Fsp3) is 0.0800. The molecule has 1 atom stereocenters. The van der Waals surface area contributed by atoms with Gasteiger partial charge in [0.1, 0.15) is 9.46 Å². The van der Waals surface area contributed by atoms with E-state index in [1.165, 1.54) is 11.8 Å². The van der Waals surface area contributed by atoms with E-state index in [0.29, 0.717) is 16.4 Å². The van der Waals surface area contributed by atoms with Gasteiger partial charge in [0.2, 0.25) is 5.91 Å². The summed E-state index contributed by atoms with van der Waals surface area (Å²) in [6.07, 6.45) is 0. The molecule has 0 aliphatic carbocycles.